The number of carbonyl (C=O) groups excluding carboxylic acids is 1. The van der Waals surface area contributed by atoms with E-state index >= 15 is 0 Å². The van der Waals surface area contributed by atoms with Crippen LogP contribution in [-0.2, 0) is 23.1 Å². The summed E-state index contributed by atoms with van der Waals surface area (Å²) in [6, 6.07) is 5.69. The Morgan fingerprint density at radius 2 is 2.00 bits per heavy atom. The predicted molar refractivity (Wildman–Crippen MR) is 197 cm³/mol. The van der Waals surface area contributed by atoms with Gasteiger partial charge in [0.15, 0.2) is 22.9 Å². The van der Waals surface area contributed by atoms with Crippen LogP contribution < -0.4 is 20.7 Å². The minimum atomic E-state index is -5.10. The molecule has 1 amide bonds. The van der Waals surface area contributed by atoms with Crippen molar-refractivity contribution in [3.05, 3.63) is 51.2 Å². The first-order valence-corrected chi connectivity index (χ1v) is 19.2. The number of likely N-dealkylation sites (tertiary alicyclic amines) is 1. The molecule has 5 aromatic rings. The fraction of sp³-hybridized carbons (Fsp3) is 0.486. The number of thiophene rings is 1. The number of aryl methyl sites for hydroxylation is 1. The number of aromatic nitrogens is 6. The van der Waals surface area contributed by atoms with Gasteiger partial charge < -0.3 is 30.1 Å². The molecule has 1 spiro atoms. The van der Waals surface area contributed by atoms with E-state index in [0.717, 1.165) is 46.7 Å². The number of anilines is 3. The molecule has 0 aromatic carbocycles. The normalized spacial score (nSPS) is 22.9. The molecule has 55 heavy (non-hydrogen) atoms. The monoisotopic (exact) mass is 773 g/mol. The van der Waals surface area contributed by atoms with Gasteiger partial charge in [0.1, 0.15) is 34.7 Å². The molecule has 1 fully saturated rings. The number of pyridine rings is 1. The van der Waals surface area contributed by atoms with Crippen molar-refractivity contribution in [2.75, 3.05) is 43.2 Å². The number of rotatable bonds is 5. The Labute approximate surface area is 317 Å². The SMILES string of the molecule is C[C@@H]([C@@H]1CCCN1C)n1nc2c3c(nc(-c4noc5c4CCC[C@@]54CCCc5sc(NC(=O)C(F)(F)F)c(C#N)c54)nc31)N(C)C(c1cccnc1N)CO2. The lowest BCUT2D eigenvalue weighted by atomic mass is 9.63. The smallest absolute Gasteiger partial charge is 0.471 e. The molecular weight excluding hydrogens is 736 g/mol. The first-order valence-electron chi connectivity index (χ1n) is 18.4. The summed E-state index contributed by atoms with van der Waals surface area (Å²) in [5.74, 6) is 0.152. The lowest BCUT2D eigenvalue weighted by Gasteiger charge is -2.39. The molecule has 9 rings (SSSR count). The third kappa shape index (κ3) is 5.45. The van der Waals surface area contributed by atoms with Crippen molar-refractivity contribution in [3.63, 3.8) is 0 Å². The Hall–Kier alpha value is -5.28. The maximum atomic E-state index is 13.3. The Balaban J connectivity index is 1.20. The van der Waals surface area contributed by atoms with E-state index in [2.05, 4.69) is 35.1 Å². The summed E-state index contributed by atoms with van der Waals surface area (Å²) in [4.78, 5) is 31.8. The van der Waals surface area contributed by atoms with Gasteiger partial charge in [-0.1, -0.05) is 11.2 Å². The topological polar surface area (TPSA) is 177 Å². The van der Waals surface area contributed by atoms with Gasteiger partial charge in [0.05, 0.1) is 23.1 Å². The highest BCUT2D eigenvalue weighted by Gasteiger charge is 2.50. The maximum Gasteiger partial charge on any atom is 0.471 e. The molecule has 0 bridgehead atoms. The van der Waals surface area contributed by atoms with Gasteiger partial charge in [-0.15, -0.1) is 16.4 Å². The van der Waals surface area contributed by atoms with Crippen LogP contribution in [0.1, 0.15) is 90.4 Å². The number of nitrogen functional groups attached to an aromatic ring is 1. The molecule has 5 aromatic heterocycles. The Bertz CT molecular complexity index is 2400. The van der Waals surface area contributed by atoms with Gasteiger partial charge in [0, 0.05) is 35.3 Å². The molecule has 1 saturated heterocycles. The molecule has 2 aliphatic heterocycles. The van der Waals surface area contributed by atoms with Gasteiger partial charge in [0.2, 0.25) is 5.88 Å². The molecule has 0 saturated carbocycles. The number of hydrogen-bond acceptors (Lipinski definition) is 13. The first-order chi connectivity index (χ1) is 26.4. The van der Waals surface area contributed by atoms with Crippen molar-refractivity contribution in [1.82, 2.24) is 34.8 Å². The number of hydrogen-bond donors (Lipinski definition) is 2. The van der Waals surface area contributed by atoms with Crippen molar-refractivity contribution in [3.8, 4) is 23.5 Å². The number of alkyl halides is 3. The van der Waals surface area contributed by atoms with Crippen LogP contribution in [0.3, 0.4) is 0 Å². The summed E-state index contributed by atoms with van der Waals surface area (Å²) in [6.07, 6.45) is 2.40. The predicted octanol–water partition coefficient (Wildman–Crippen LogP) is 6.08. The van der Waals surface area contributed by atoms with Crippen LogP contribution >= 0.6 is 11.3 Å². The van der Waals surface area contributed by atoms with E-state index in [-0.39, 0.29) is 35.3 Å². The average molecular weight is 774 g/mol. The van der Waals surface area contributed by atoms with E-state index in [4.69, 9.17) is 30.1 Å². The third-order valence-electron chi connectivity index (χ3n) is 12.0. The third-order valence-corrected chi connectivity index (χ3v) is 13.1. The maximum absolute atomic E-state index is 13.3. The van der Waals surface area contributed by atoms with Gasteiger partial charge in [-0.25, -0.2) is 19.6 Å². The summed E-state index contributed by atoms with van der Waals surface area (Å²) in [6.45, 7) is 3.36. The zero-order chi connectivity index (χ0) is 38.4. The number of nitrogens with zero attached hydrogens (tertiary/aromatic N) is 9. The Kier molecular flexibility index (Phi) is 8.31. The fourth-order valence-electron chi connectivity index (χ4n) is 9.33. The summed E-state index contributed by atoms with van der Waals surface area (Å²) in [7, 11) is 4.05. The molecular formula is C37H38F3N11O3S. The van der Waals surface area contributed by atoms with Crippen LogP contribution in [0, 0.1) is 11.3 Å². The van der Waals surface area contributed by atoms with Gasteiger partial charge in [-0.2, -0.15) is 18.4 Å². The van der Waals surface area contributed by atoms with E-state index < -0.39 is 17.5 Å². The minimum Gasteiger partial charge on any atom is -0.473 e. The van der Waals surface area contributed by atoms with Gasteiger partial charge >= 0.3 is 12.1 Å². The van der Waals surface area contributed by atoms with Crippen LogP contribution in [0.2, 0.25) is 0 Å². The molecule has 18 heteroatoms. The lowest BCUT2D eigenvalue weighted by Crippen LogP contribution is -2.35. The zero-order valence-corrected chi connectivity index (χ0v) is 31.2. The van der Waals surface area contributed by atoms with Crippen LogP contribution in [-0.4, -0.2) is 80.2 Å². The second kappa shape index (κ2) is 12.9. The summed E-state index contributed by atoms with van der Waals surface area (Å²) in [5, 5.41) is 22.5. The zero-order valence-electron chi connectivity index (χ0n) is 30.4. The van der Waals surface area contributed by atoms with Gasteiger partial charge in [-0.05, 0) is 83.5 Å². The molecule has 1 unspecified atom stereocenters. The van der Waals surface area contributed by atoms with Crippen molar-refractivity contribution in [2.45, 2.75) is 88.0 Å². The lowest BCUT2D eigenvalue weighted by molar-refractivity contribution is -0.167. The number of likely N-dealkylation sites (N-methyl/N-ethyl adjacent to an activating group) is 2. The van der Waals surface area contributed by atoms with Gasteiger partial charge in [0.25, 0.3) is 0 Å². The number of amides is 1. The second-order valence-corrected chi connectivity index (χ2v) is 16.1. The highest BCUT2D eigenvalue weighted by Crippen LogP contribution is 2.56. The van der Waals surface area contributed by atoms with Crippen LogP contribution in [0.4, 0.5) is 29.8 Å². The number of halogens is 3. The number of fused-ring (bicyclic) bond motifs is 4. The van der Waals surface area contributed by atoms with E-state index in [1.54, 1.807) is 6.20 Å². The molecule has 7 heterocycles. The van der Waals surface area contributed by atoms with Gasteiger partial charge in [-0.3, -0.25) is 4.79 Å². The highest BCUT2D eigenvalue weighted by molar-refractivity contribution is 7.16. The number of ether oxygens (including phenoxy) is 1. The number of nitriles is 1. The molecule has 0 radical (unpaired) electrons. The standard InChI is InChI=1S/C37H38F3N11O3S/c1-18(22-10-7-15-49(22)2)51-32-25-31(50(3)23(17-53-33(25)47-51)19-9-6-14-43-29(19)42)44-30(45-32)27-20-8-4-12-36(28(20)54-48-27)13-5-11-24-26(36)21(16-41)34(55-24)46-35(52)37(38,39)40/h6,9,14,18,22-23H,4-5,7-8,10-13,15,17H2,1-3H3,(H2,42,43)(H,46,52)/t18-,22-,23?,36-/m0/s1. The van der Waals surface area contributed by atoms with Crippen molar-refractivity contribution in [2.24, 2.45) is 0 Å². The summed E-state index contributed by atoms with van der Waals surface area (Å²) >= 11 is 1.02. The quantitative estimate of drug-likeness (QED) is 0.211. The molecule has 14 nitrogen and oxygen atoms in total. The molecule has 4 aliphatic rings. The summed E-state index contributed by atoms with van der Waals surface area (Å²) < 4.78 is 54.6. The molecule has 2 aliphatic carbocycles. The van der Waals surface area contributed by atoms with Crippen molar-refractivity contribution >= 4 is 44.9 Å². The summed E-state index contributed by atoms with van der Waals surface area (Å²) in [5.41, 5.74) is 8.81. The highest BCUT2D eigenvalue weighted by atomic mass is 32.1. The number of carbonyl (C=O) groups is 1. The van der Waals surface area contributed by atoms with Crippen LogP contribution in [0.15, 0.2) is 22.9 Å². The van der Waals surface area contributed by atoms with Crippen molar-refractivity contribution in [1.29, 1.82) is 5.26 Å². The fourth-order valence-corrected chi connectivity index (χ4v) is 10.6. The van der Waals surface area contributed by atoms with E-state index in [1.807, 2.05) is 34.1 Å². The van der Waals surface area contributed by atoms with E-state index in [1.165, 1.54) is 0 Å². The minimum absolute atomic E-state index is 0.0334. The average Bonchev–Trinajstić information content (AvgIpc) is 3.94. The molecule has 286 valence electrons. The molecule has 4 atom stereocenters. The van der Waals surface area contributed by atoms with Crippen LogP contribution in [0.5, 0.6) is 5.88 Å². The second-order valence-electron chi connectivity index (χ2n) is 15.0. The van der Waals surface area contributed by atoms with Crippen molar-refractivity contribution < 1.29 is 27.2 Å². The Morgan fingerprint density at radius 3 is 2.73 bits per heavy atom. The molecule has 3 N–H and O–H groups in total. The Morgan fingerprint density at radius 1 is 1.20 bits per heavy atom. The number of nitrogens with two attached hydrogens (primary N) is 1. The number of nitrogens with one attached hydrogen (secondary N) is 1. The van der Waals surface area contributed by atoms with Crippen LogP contribution in [0.25, 0.3) is 22.6 Å². The largest absolute Gasteiger partial charge is 0.473 e. The van der Waals surface area contributed by atoms with E-state index in [0.29, 0.717) is 89.9 Å². The first kappa shape index (κ1) is 35.4. The van der Waals surface area contributed by atoms with E-state index in [9.17, 15) is 23.2 Å².